The van der Waals surface area contributed by atoms with Gasteiger partial charge in [0.2, 0.25) is 0 Å². The lowest BCUT2D eigenvalue weighted by Crippen LogP contribution is -2.14. The van der Waals surface area contributed by atoms with Crippen LogP contribution >= 0.6 is 0 Å². The molecule has 0 unspecified atom stereocenters. The van der Waals surface area contributed by atoms with Crippen molar-refractivity contribution in [2.75, 3.05) is 5.73 Å². The predicted octanol–water partition coefficient (Wildman–Crippen LogP) is 1.17. The van der Waals surface area contributed by atoms with Crippen LogP contribution in [0, 0.1) is 0 Å². The zero-order chi connectivity index (χ0) is 12.4. The van der Waals surface area contributed by atoms with E-state index in [-0.39, 0.29) is 0 Å². The second-order valence-corrected chi connectivity index (χ2v) is 4.32. The highest BCUT2D eigenvalue weighted by atomic mass is 16.5. The number of pyridine rings is 1. The van der Waals surface area contributed by atoms with E-state index in [1.54, 1.807) is 18.3 Å². The largest absolute Gasteiger partial charge is 0.482 e. The van der Waals surface area contributed by atoms with Crippen LogP contribution in [0.2, 0.25) is 0 Å². The molecule has 0 aliphatic carbocycles. The average molecular weight is 245 g/mol. The molecule has 6 heteroatoms. The molecule has 18 heavy (non-hydrogen) atoms. The molecule has 0 aromatic carbocycles. The van der Waals surface area contributed by atoms with Crippen molar-refractivity contribution in [1.82, 2.24) is 19.7 Å². The lowest BCUT2D eigenvalue weighted by atomic mass is 10.2. The number of aryl methyl sites for hydroxylation is 1. The van der Waals surface area contributed by atoms with E-state index < -0.39 is 0 Å². The molecule has 0 radical (unpaired) electrons. The van der Waals surface area contributed by atoms with Gasteiger partial charge in [-0.1, -0.05) is 0 Å². The smallest absolute Gasteiger partial charge is 0.171 e. The fraction of sp³-hybridized carbons (Fsp3) is 0.417. The topological polar surface area (TPSA) is 78.8 Å². The van der Waals surface area contributed by atoms with E-state index in [2.05, 4.69) is 19.7 Å². The maximum atomic E-state index is 5.72. The summed E-state index contributed by atoms with van der Waals surface area (Å²) < 4.78 is 7.77. The highest BCUT2D eigenvalue weighted by Gasteiger charge is 2.16. The fourth-order valence-corrected chi connectivity index (χ4v) is 2.14. The van der Waals surface area contributed by atoms with Gasteiger partial charge in [-0.25, -0.2) is 4.98 Å². The van der Waals surface area contributed by atoms with E-state index in [1.165, 1.54) is 12.8 Å². The predicted molar refractivity (Wildman–Crippen MR) is 65.9 cm³/mol. The molecule has 2 aromatic heterocycles. The average Bonchev–Trinajstić information content (AvgIpc) is 2.81. The molecular weight excluding hydrogens is 230 g/mol. The molecule has 2 N–H and O–H groups in total. The minimum Gasteiger partial charge on any atom is -0.482 e. The molecule has 0 saturated carbocycles. The van der Waals surface area contributed by atoms with Gasteiger partial charge in [-0.05, 0) is 25.0 Å². The highest BCUT2D eigenvalue weighted by molar-refractivity contribution is 5.44. The number of rotatable bonds is 3. The van der Waals surface area contributed by atoms with Gasteiger partial charge in [0.25, 0.3) is 0 Å². The van der Waals surface area contributed by atoms with Crippen molar-refractivity contribution < 1.29 is 4.74 Å². The summed E-state index contributed by atoms with van der Waals surface area (Å²) in [6.45, 7) is 1.35. The Balaban J connectivity index is 1.74. The number of fused-ring (bicyclic) bond motifs is 1. The summed E-state index contributed by atoms with van der Waals surface area (Å²) in [6.07, 6.45) is 5.00. The molecule has 0 saturated heterocycles. The van der Waals surface area contributed by atoms with Crippen LogP contribution in [-0.4, -0.2) is 19.7 Å². The Kier molecular flexibility index (Phi) is 2.84. The van der Waals surface area contributed by atoms with Crippen molar-refractivity contribution in [3.05, 3.63) is 30.0 Å². The number of nitrogens with two attached hydrogens (primary N) is 1. The molecule has 1 aliphatic heterocycles. The minimum atomic E-state index is 0.378. The molecular formula is C12H15N5O. The molecule has 3 rings (SSSR count). The quantitative estimate of drug-likeness (QED) is 0.878. The van der Waals surface area contributed by atoms with Crippen molar-refractivity contribution in [1.29, 1.82) is 0 Å². The molecule has 1 aliphatic rings. The zero-order valence-corrected chi connectivity index (χ0v) is 10.0. The maximum absolute atomic E-state index is 5.72. The number of ether oxygens (including phenoxy) is 1. The van der Waals surface area contributed by atoms with Crippen LogP contribution < -0.4 is 10.5 Å². The van der Waals surface area contributed by atoms with Crippen molar-refractivity contribution >= 4 is 5.82 Å². The molecule has 6 nitrogen and oxygen atoms in total. The van der Waals surface area contributed by atoms with Crippen molar-refractivity contribution in [2.24, 2.45) is 0 Å². The Morgan fingerprint density at radius 3 is 3.17 bits per heavy atom. The summed E-state index contributed by atoms with van der Waals surface area (Å²) in [5, 5.41) is 8.35. The van der Waals surface area contributed by atoms with Gasteiger partial charge in [0.1, 0.15) is 12.4 Å². The monoisotopic (exact) mass is 245 g/mol. The third-order valence-corrected chi connectivity index (χ3v) is 3.09. The normalized spacial score (nSPS) is 14.2. The second-order valence-electron chi connectivity index (χ2n) is 4.32. The van der Waals surface area contributed by atoms with E-state index >= 15 is 0 Å². The van der Waals surface area contributed by atoms with E-state index in [0.717, 1.165) is 24.6 Å². The van der Waals surface area contributed by atoms with Gasteiger partial charge in [-0.15, -0.1) is 10.2 Å². The van der Waals surface area contributed by atoms with Crippen LogP contribution in [-0.2, 0) is 19.6 Å². The summed E-state index contributed by atoms with van der Waals surface area (Å²) in [5.41, 5.74) is 5.72. The maximum Gasteiger partial charge on any atom is 0.171 e. The third-order valence-electron chi connectivity index (χ3n) is 3.09. The standard InChI is InChI=1S/C12H15N5O/c13-12-9(4-3-6-14-12)18-8-11-16-15-10-5-1-2-7-17(10)11/h3-4,6H,1-2,5,7-8H2,(H2,13,14). The first kappa shape index (κ1) is 11.0. The lowest BCUT2D eigenvalue weighted by molar-refractivity contribution is 0.287. The van der Waals surface area contributed by atoms with Crippen LogP contribution in [0.5, 0.6) is 5.75 Å². The SMILES string of the molecule is Nc1ncccc1OCc1nnc2n1CCCC2. The highest BCUT2D eigenvalue weighted by Crippen LogP contribution is 2.19. The first-order chi connectivity index (χ1) is 8.84. The van der Waals surface area contributed by atoms with Crippen molar-refractivity contribution in [3.63, 3.8) is 0 Å². The van der Waals surface area contributed by atoms with Crippen molar-refractivity contribution in [3.8, 4) is 5.75 Å². The van der Waals surface area contributed by atoms with Crippen LogP contribution in [0.3, 0.4) is 0 Å². The number of nitrogen functional groups attached to an aromatic ring is 1. The number of hydrogen-bond donors (Lipinski definition) is 1. The van der Waals surface area contributed by atoms with Gasteiger partial charge < -0.3 is 15.0 Å². The molecule has 0 atom stereocenters. The first-order valence-electron chi connectivity index (χ1n) is 6.09. The van der Waals surface area contributed by atoms with E-state index in [9.17, 15) is 0 Å². The van der Waals surface area contributed by atoms with Crippen LogP contribution in [0.15, 0.2) is 18.3 Å². The number of aromatic nitrogens is 4. The summed E-state index contributed by atoms with van der Waals surface area (Å²) in [5.74, 6) is 2.90. The van der Waals surface area contributed by atoms with Gasteiger partial charge in [0.05, 0.1) is 0 Å². The Hall–Kier alpha value is -2.11. The summed E-state index contributed by atoms with van der Waals surface area (Å²) in [4.78, 5) is 3.98. The lowest BCUT2D eigenvalue weighted by Gasteiger charge is -2.15. The number of anilines is 1. The van der Waals surface area contributed by atoms with Crippen LogP contribution in [0.25, 0.3) is 0 Å². The van der Waals surface area contributed by atoms with Gasteiger partial charge in [0, 0.05) is 19.2 Å². The van der Waals surface area contributed by atoms with Gasteiger partial charge in [0.15, 0.2) is 17.4 Å². The van der Waals surface area contributed by atoms with Crippen molar-refractivity contribution in [2.45, 2.75) is 32.4 Å². The first-order valence-corrected chi connectivity index (χ1v) is 6.09. The fourth-order valence-electron chi connectivity index (χ4n) is 2.14. The minimum absolute atomic E-state index is 0.378. The van der Waals surface area contributed by atoms with Crippen LogP contribution in [0.4, 0.5) is 5.82 Å². The van der Waals surface area contributed by atoms with Crippen LogP contribution in [0.1, 0.15) is 24.5 Å². The molecule has 3 heterocycles. The molecule has 2 aromatic rings. The Morgan fingerprint density at radius 1 is 1.33 bits per heavy atom. The zero-order valence-electron chi connectivity index (χ0n) is 10.0. The van der Waals surface area contributed by atoms with E-state index in [0.29, 0.717) is 18.2 Å². The Morgan fingerprint density at radius 2 is 2.28 bits per heavy atom. The number of nitrogens with zero attached hydrogens (tertiary/aromatic N) is 4. The van der Waals surface area contributed by atoms with E-state index in [4.69, 9.17) is 10.5 Å². The third kappa shape index (κ3) is 2.01. The Labute approximate surface area is 105 Å². The summed E-state index contributed by atoms with van der Waals surface area (Å²) in [6, 6.07) is 3.60. The molecule has 0 spiro atoms. The Bertz CT molecular complexity index is 551. The van der Waals surface area contributed by atoms with Gasteiger partial charge in [-0.3, -0.25) is 0 Å². The summed E-state index contributed by atoms with van der Waals surface area (Å²) in [7, 11) is 0. The second kappa shape index (κ2) is 4.64. The molecule has 0 fully saturated rings. The van der Waals surface area contributed by atoms with E-state index in [1.807, 2.05) is 0 Å². The number of hydrogen-bond acceptors (Lipinski definition) is 5. The molecule has 0 amide bonds. The van der Waals surface area contributed by atoms with Gasteiger partial charge in [-0.2, -0.15) is 0 Å². The summed E-state index contributed by atoms with van der Waals surface area (Å²) >= 11 is 0. The molecule has 94 valence electrons. The molecule has 0 bridgehead atoms. The van der Waals surface area contributed by atoms with Gasteiger partial charge >= 0.3 is 0 Å².